The summed E-state index contributed by atoms with van der Waals surface area (Å²) in [6.45, 7) is 1.71. The first-order valence-electron chi connectivity index (χ1n) is 5.16. The summed E-state index contributed by atoms with van der Waals surface area (Å²) in [5.41, 5.74) is 0. The summed E-state index contributed by atoms with van der Waals surface area (Å²) < 4.78 is 14.6. The predicted octanol–water partition coefficient (Wildman–Crippen LogP) is 1.92. The van der Waals surface area contributed by atoms with E-state index in [1.54, 1.807) is 18.6 Å². The van der Waals surface area contributed by atoms with Gasteiger partial charge in [-0.15, -0.1) is 0 Å². The van der Waals surface area contributed by atoms with E-state index in [4.69, 9.17) is 0 Å². The number of hydrogen-bond donors (Lipinski definition) is 1. The van der Waals surface area contributed by atoms with Gasteiger partial charge in [-0.05, 0) is 18.6 Å². The highest BCUT2D eigenvalue weighted by Gasteiger charge is 1.94. The average molecular weight is 220 g/mol. The van der Waals surface area contributed by atoms with Crippen LogP contribution in [-0.4, -0.2) is 21.1 Å². The lowest BCUT2D eigenvalue weighted by Crippen LogP contribution is -2.06. The number of anilines is 1. The monoisotopic (exact) mass is 220 g/mol. The van der Waals surface area contributed by atoms with Crippen LogP contribution in [0.3, 0.4) is 0 Å². The van der Waals surface area contributed by atoms with Crippen LogP contribution in [0.5, 0.6) is 0 Å². The van der Waals surface area contributed by atoms with Gasteiger partial charge in [0.15, 0.2) is 0 Å². The van der Waals surface area contributed by atoms with Gasteiger partial charge in [0.05, 0.1) is 12.5 Å². The molecule has 0 saturated carbocycles. The van der Waals surface area contributed by atoms with Crippen LogP contribution in [0.1, 0.15) is 6.42 Å². The van der Waals surface area contributed by atoms with E-state index >= 15 is 0 Å². The molecule has 0 atom stereocenters. The summed E-state index contributed by atoms with van der Waals surface area (Å²) >= 11 is 0. The Morgan fingerprint density at radius 2 is 2.31 bits per heavy atom. The van der Waals surface area contributed by atoms with Gasteiger partial charge in [0.25, 0.3) is 0 Å². The first kappa shape index (κ1) is 10.6. The molecule has 2 aromatic heterocycles. The van der Waals surface area contributed by atoms with Crippen LogP contribution in [0.25, 0.3) is 0 Å². The molecule has 2 rings (SSSR count). The zero-order chi connectivity index (χ0) is 11.2. The maximum absolute atomic E-state index is 12.6. The number of nitrogens with zero attached hydrogens (tertiary/aromatic N) is 3. The van der Waals surface area contributed by atoms with Crippen LogP contribution < -0.4 is 5.32 Å². The van der Waals surface area contributed by atoms with Crippen molar-refractivity contribution >= 4 is 5.82 Å². The third-order valence-corrected chi connectivity index (χ3v) is 2.19. The lowest BCUT2D eigenvalue weighted by molar-refractivity contribution is 0.621. The zero-order valence-electron chi connectivity index (χ0n) is 8.81. The fourth-order valence-electron chi connectivity index (χ4n) is 1.38. The molecule has 4 nitrogen and oxygen atoms in total. The van der Waals surface area contributed by atoms with Crippen molar-refractivity contribution in [1.29, 1.82) is 0 Å². The Morgan fingerprint density at radius 3 is 3.00 bits per heavy atom. The summed E-state index contributed by atoms with van der Waals surface area (Å²) in [6.07, 6.45) is 7.65. The summed E-state index contributed by atoms with van der Waals surface area (Å²) in [6, 6.07) is 3.03. The van der Waals surface area contributed by atoms with Crippen LogP contribution in [0.2, 0.25) is 0 Å². The van der Waals surface area contributed by atoms with Crippen molar-refractivity contribution in [3.8, 4) is 0 Å². The molecule has 0 aliphatic heterocycles. The van der Waals surface area contributed by atoms with Crippen molar-refractivity contribution in [3.63, 3.8) is 0 Å². The fourth-order valence-corrected chi connectivity index (χ4v) is 1.38. The predicted molar refractivity (Wildman–Crippen MR) is 59.5 cm³/mol. The molecule has 16 heavy (non-hydrogen) atoms. The second-order valence-corrected chi connectivity index (χ2v) is 3.44. The first-order chi connectivity index (χ1) is 7.84. The molecule has 1 N–H and O–H groups in total. The quantitative estimate of drug-likeness (QED) is 0.783. The van der Waals surface area contributed by atoms with Gasteiger partial charge in [-0.25, -0.2) is 14.4 Å². The minimum Gasteiger partial charge on any atom is -0.370 e. The Morgan fingerprint density at radius 1 is 1.38 bits per heavy atom. The van der Waals surface area contributed by atoms with Crippen molar-refractivity contribution in [2.75, 3.05) is 11.9 Å². The van der Waals surface area contributed by atoms with Gasteiger partial charge in [-0.1, -0.05) is 0 Å². The van der Waals surface area contributed by atoms with Crippen LogP contribution in [-0.2, 0) is 6.54 Å². The number of pyridine rings is 1. The van der Waals surface area contributed by atoms with E-state index in [1.165, 1.54) is 12.3 Å². The molecular weight excluding hydrogens is 207 g/mol. The van der Waals surface area contributed by atoms with Gasteiger partial charge in [-0.2, -0.15) is 0 Å². The standard InChI is InChI=1S/C11H13FN4/c12-10-2-3-11(15-8-10)14-4-1-6-16-7-5-13-9-16/h2-3,5,7-9H,1,4,6H2,(H,14,15). The normalized spacial score (nSPS) is 10.3. The van der Waals surface area contributed by atoms with Gasteiger partial charge in [0.2, 0.25) is 0 Å². The highest BCUT2D eigenvalue weighted by Crippen LogP contribution is 2.03. The molecule has 0 radical (unpaired) electrons. The van der Waals surface area contributed by atoms with Crippen LogP contribution in [0.15, 0.2) is 37.1 Å². The Balaban J connectivity index is 1.70. The Bertz CT molecular complexity index is 410. The lowest BCUT2D eigenvalue weighted by atomic mass is 10.4. The molecule has 0 aliphatic carbocycles. The summed E-state index contributed by atoms with van der Waals surface area (Å²) in [5.74, 6) is 0.385. The number of rotatable bonds is 5. The van der Waals surface area contributed by atoms with Crippen molar-refractivity contribution in [2.24, 2.45) is 0 Å². The van der Waals surface area contributed by atoms with Gasteiger partial charge >= 0.3 is 0 Å². The molecular formula is C11H13FN4. The summed E-state index contributed by atoms with van der Waals surface area (Å²) in [4.78, 5) is 7.86. The molecule has 0 aromatic carbocycles. The third-order valence-electron chi connectivity index (χ3n) is 2.19. The number of hydrogen-bond acceptors (Lipinski definition) is 3. The molecule has 5 heteroatoms. The minimum atomic E-state index is -0.316. The molecule has 2 aromatic rings. The number of aryl methyl sites for hydroxylation is 1. The topological polar surface area (TPSA) is 42.7 Å². The number of imidazole rings is 1. The molecule has 0 aliphatic rings. The molecule has 0 spiro atoms. The van der Waals surface area contributed by atoms with E-state index in [0.29, 0.717) is 5.82 Å². The van der Waals surface area contributed by atoms with Gasteiger partial charge in [-0.3, -0.25) is 0 Å². The molecule has 84 valence electrons. The summed E-state index contributed by atoms with van der Waals surface area (Å²) in [5, 5.41) is 3.12. The van der Waals surface area contributed by atoms with E-state index in [-0.39, 0.29) is 5.82 Å². The van der Waals surface area contributed by atoms with Gasteiger partial charge in [0.1, 0.15) is 11.6 Å². The molecule has 0 bridgehead atoms. The first-order valence-corrected chi connectivity index (χ1v) is 5.16. The van der Waals surface area contributed by atoms with Crippen molar-refractivity contribution in [1.82, 2.24) is 14.5 Å². The fraction of sp³-hybridized carbons (Fsp3) is 0.273. The van der Waals surface area contributed by atoms with E-state index in [9.17, 15) is 4.39 Å². The maximum atomic E-state index is 12.6. The Hall–Kier alpha value is -1.91. The highest BCUT2D eigenvalue weighted by atomic mass is 19.1. The van der Waals surface area contributed by atoms with E-state index < -0.39 is 0 Å². The largest absolute Gasteiger partial charge is 0.370 e. The van der Waals surface area contributed by atoms with Crippen molar-refractivity contribution in [3.05, 3.63) is 42.9 Å². The Kier molecular flexibility index (Phi) is 3.48. The van der Waals surface area contributed by atoms with Crippen LogP contribution in [0, 0.1) is 5.82 Å². The lowest BCUT2D eigenvalue weighted by Gasteiger charge is -2.05. The van der Waals surface area contributed by atoms with Gasteiger partial charge in [0, 0.05) is 25.5 Å². The number of nitrogens with one attached hydrogen (secondary N) is 1. The highest BCUT2D eigenvalue weighted by molar-refractivity contribution is 5.33. The molecule has 0 unspecified atom stereocenters. The second kappa shape index (κ2) is 5.25. The molecule has 0 saturated heterocycles. The SMILES string of the molecule is Fc1ccc(NCCCn2ccnc2)nc1. The molecule has 0 amide bonds. The van der Waals surface area contributed by atoms with E-state index in [0.717, 1.165) is 19.5 Å². The van der Waals surface area contributed by atoms with E-state index in [2.05, 4.69) is 15.3 Å². The van der Waals surface area contributed by atoms with E-state index in [1.807, 2.05) is 10.8 Å². The van der Waals surface area contributed by atoms with Gasteiger partial charge < -0.3 is 9.88 Å². The van der Waals surface area contributed by atoms with Crippen molar-refractivity contribution < 1.29 is 4.39 Å². The van der Waals surface area contributed by atoms with Crippen LogP contribution >= 0.6 is 0 Å². The number of aromatic nitrogens is 3. The molecule has 0 fully saturated rings. The zero-order valence-corrected chi connectivity index (χ0v) is 8.81. The third kappa shape index (κ3) is 3.05. The minimum absolute atomic E-state index is 0.316. The maximum Gasteiger partial charge on any atom is 0.141 e. The van der Waals surface area contributed by atoms with Crippen LogP contribution in [0.4, 0.5) is 10.2 Å². The van der Waals surface area contributed by atoms with Crippen molar-refractivity contribution in [2.45, 2.75) is 13.0 Å². The second-order valence-electron chi connectivity index (χ2n) is 3.44. The summed E-state index contributed by atoms with van der Waals surface area (Å²) in [7, 11) is 0. The number of halogens is 1. The average Bonchev–Trinajstić information content (AvgIpc) is 2.80. The molecule has 2 heterocycles. The smallest absolute Gasteiger partial charge is 0.141 e. The Labute approximate surface area is 93.2 Å².